The topological polar surface area (TPSA) is 78.5 Å². The van der Waals surface area contributed by atoms with E-state index in [1.807, 2.05) is 0 Å². The number of nitrogens with zero attached hydrogens (tertiary/aromatic N) is 1. The summed E-state index contributed by atoms with van der Waals surface area (Å²) in [4.78, 5) is 12.2. The summed E-state index contributed by atoms with van der Waals surface area (Å²) in [5, 5.41) is 6.17. The number of rotatable bonds is 6. The zero-order valence-corrected chi connectivity index (χ0v) is 14.8. The van der Waals surface area contributed by atoms with Crippen molar-refractivity contribution in [2.24, 2.45) is 17.8 Å². The van der Waals surface area contributed by atoms with Gasteiger partial charge in [0, 0.05) is 25.7 Å². The Morgan fingerprint density at radius 3 is 2.17 bits per heavy atom. The van der Waals surface area contributed by atoms with Gasteiger partial charge in [0.1, 0.15) is 0 Å². The second kappa shape index (κ2) is 6.97. The van der Waals surface area contributed by atoms with Gasteiger partial charge in [-0.3, -0.25) is 0 Å². The van der Waals surface area contributed by atoms with Crippen LogP contribution >= 0.6 is 0 Å². The SMILES string of the molecule is CS(=O)(=O)N1CC[C@H](CNC(=O)NC(C2CCC2)C2CCC2)C1. The molecular formula is C16H29N3O3S. The van der Waals surface area contributed by atoms with Gasteiger partial charge in [0.25, 0.3) is 0 Å². The molecule has 7 heteroatoms. The molecule has 1 saturated heterocycles. The lowest BCUT2D eigenvalue weighted by molar-refractivity contribution is 0.127. The minimum absolute atomic E-state index is 0.0772. The van der Waals surface area contributed by atoms with E-state index in [1.165, 1.54) is 49.1 Å². The van der Waals surface area contributed by atoms with Crippen molar-refractivity contribution in [3.8, 4) is 0 Å². The van der Waals surface area contributed by atoms with E-state index in [9.17, 15) is 13.2 Å². The molecule has 0 radical (unpaired) electrons. The van der Waals surface area contributed by atoms with Crippen molar-refractivity contribution in [1.82, 2.24) is 14.9 Å². The molecule has 0 bridgehead atoms. The van der Waals surface area contributed by atoms with Crippen LogP contribution in [0.4, 0.5) is 4.79 Å². The fraction of sp³-hybridized carbons (Fsp3) is 0.938. The number of urea groups is 1. The maximum absolute atomic E-state index is 12.2. The summed E-state index contributed by atoms with van der Waals surface area (Å²) < 4.78 is 24.5. The highest BCUT2D eigenvalue weighted by atomic mass is 32.2. The standard InChI is InChI=1S/C16H29N3O3S/c1-23(21,22)19-9-8-12(11-19)10-17-16(20)18-15(13-4-2-5-13)14-6-3-7-14/h12-15H,2-11H2,1H3,(H2,17,18,20)/t12-/m1/s1. The van der Waals surface area contributed by atoms with Crippen LogP contribution in [0.3, 0.4) is 0 Å². The molecule has 0 aromatic carbocycles. The van der Waals surface area contributed by atoms with Crippen molar-refractivity contribution in [2.45, 2.75) is 51.0 Å². The second-order valence-corrected chi connectivity index (χ2v) is 9.52. The van der Waals surface area contributed by atoms with Crippen LogP contribution in [0.2, 0.25) is 0 Å². The molecule has 132 valence electrons. The summed E-state index contributed by atoms with van der Waals surface area (Å²) in [6.07, 6.45) is 9.63. The third-order valence-electron chi connectivity index (χ3n) is 5.88. The van der Waals surface area contributed by atoms with Crippen LogP contribution in [-0.2, 0) is 10.0 Å². The van der Waals surface area contributed by atoms with E-state index in [0.717, 1.165) is 6.42 Å². The van der Waals surface area contributed by atoms with Crippen molar-refractivity contribution < 1.29 is 13.2 Å². The minimum atomic E-state index is -3.10. The molecule has 2 N–H and O–H groups in total. The first-order chi connectivity index (χ1) is 10.9. The number of hydrogen-bond donors (Lipinski definition) is 2. The summed E-state index contributed by atoms with van der Waals surface area (Å²) in [5.41, 5.74) is 0. The zero-order valence-electron chi connectivity index (χ0n) is 14.0. The van der Waals surface area contributed by atoms with Gasteiger partial charge in [-0.05, 0) is 49.9 Å². The molecule has 3 aliphatic rings. The summed E-state index contributed by atoms with van der Waals surface area (Å²) in [6.45, 7) is 1.65. The Bertz CT molecular complexity index is 515. The van der Waals surface area contributed by atoms with Crippen LogP contribution in [0.15, 0.2) is 0 Å². The van der Waals surface area contributed by atoms with Gasteiger partial charge in [-0.1, -0.05) is 12.8 Å². The van der Waals surface area contributed by atoms with Crippen LogP contribution in [0, 0.1) is 17.8 Å². The molecule has 1 heterocycles. The Morgan fingerprint density at radius 2 is 1.74 bits per heavy atom. The molecule has 1 atom stereocenters. The Balaban J connectivity index is 1.42. The Kier molecular flexibility index (Phi) is 5.16. The molecule has 2 aliphatic carbocycles. The van der Waals surface area contributed by atoms with Gasteiger partial charge in [0.2, 0.25) is 10.0 Å². The van der Waals surface area contributed by atoms with Gasteiger partial charge in [0.15, 0.2) is 0 Å². The highest BCUT2D eigenvalue weighted by molar-refractivity contribution is 7.88. The molecule has 23 heavy (non-hydrogen) atoms. The van der Waals surface area contributed by atoms with Crippen molar-refractivity contribution in [1.29, 1.82) is 0 Å². The van der Waals surface area contributed by atoms with Gasteiger partial charge in [0.05, 0.1) is 6.26 Å². The van der Waals surface area contributed by atoms with Gasteiger partial charge in [-0.15, -0.1) is 0 Å². The molecule has 3 fully saturated rings. The minimum Gasteiger partial charge on any atom is -0.338 e. The lowest BCUT2D eigenvalue weighted by Crippen LogP contribution is -2.53. The van der Waals surface area contributed by atoms with E-state index in [1.54, 1.807) is 0 Å². The first kappa shape index (κ1) is 17.0. The third kappa shape index (κ3) is 4.18. The van der Waals surface area contributed by atoms with Gasteiger partial charge < -0.3 is 10.6 Å². The lowest BCUT2D eigenvalue weighted by atomic mass is 9.68. The number of hydrogen-bond acceptors (Lipinski definition) is 3. The van der Waals surface area contributed by atoms with E-state index >= 15 is 0 Å². The van der Waals surface area contributed by atoms with Crippen molar-refractivity contribution in [3.63, 3.8) is 0 Å². The quantitative estimate of drug-likeness (QED) is 0.768. The van der Waals surface area contributed by atoms with Crippen molar-refractivity contribution in [3.05, 3.63) is 0 Å². The van der Waals surface area contributed by atoms with Crippen LogP contribution in [0.1, 0.15) is 44.9 Å². The first-order valence-corrected chi connectivity index (χ1v) is 10.8. The van der Waals surface area contributed by atoms with Gasteiger partial charge in [-0.2, -0.15) is 0 Å². The Labute approximate surface area is 139 Å². The highest BCUT2D eigenvalue weighted by Crippen LogP contribution is 2.39. The fourth-order valence-corrected chi connectivity index (χ4v) is 4.84. The van der Waals surface area contributed by atoms with Crippen molar-refractivity contribution in [2.75, 3.05) is 25.9 Å². The average molecular weight is 343 g/mol. The van der Waals surface area contributed by atoms with Crippen LogP contribution < -0.4 is 10.6 Å². The molecule has 2 amide bonds. The molecule has 2 saturated carbocycles. The fourth-order valence-electron chi connectivity index (χ4n) is 3.92. The number of sulfonamides is 1. The van der Waals surface area contributed by atoms with E-state index in [2.05, 4.69) is 10.6 Å². The van der Waals surface area contributed by atoms with Crippen molar-refractivity contribution >= 4 is 16.1 Å². The Hall–Kier alpha value is -0.820. The average Bonchev–Trinajstić information content (AvgIpc) is 2.80. The third-order valence-corrected chi connectivity index (χ3v) is 7.15. The highest BCUT2D eigenvalue weighted by Gasteiger charge is 2.37. The zero-order chi connectivity index (χ0) is 16.4. The maximum atomic E-state index is 12.2. The maximum Gasteiger partial charge on any atom is 0.315 e. The Morgan fingerprint density at radius 1 is 1.13 bits per heavy atom. The monoisotopic (exact) mass is 343 g/mol. The van der Waals surface area contributed by atoms with Gasteiger partial charge in [-0.25, -0.2) is 17.5 Å². The van der Waals surface area contributed by atoms with E-state index in [4.69, 9.17) is 0 Å². The lowest BCUT2D eigenvalue weighted by Gasteiger charge is -2.42. The molecule has 0 spiro atoms. The molecular weight excluding hydrogens is 314 g/mol. The largest absolute Gasteiger partial charge is 0.338 e. The predicted octanol–water partition coefficient (Wildman–Crippen LogP) is 1.54. The van der Waals surface area contributed by atoms with Crippen LogP contribution in [0.25, 0.3) is 0 Å². The van der Waals surface area contributed by atoms with E-state index < -0.39 is 10.0 Å². The number of amides is 2. The van der Waals surface area contributed by atoms with Crippen LogP contribution in [-0.4, -0.2) is 50.7 Å². The number of carbonyl (C=O) groups excluding carboxylic acids is 1. The molecule has 3 rings (SSSR count). The second-order valence-electron chi connectivity index (χ2n) is 7.54. The number of nitrogens with one attached hydrogen (secondary N) is 2. The summed E-state index contributed by atoms with van der Waals surface area (Å²) in [5.74, 6) is 1.55. The first-order valence-electron chi connectivity index (χ1n) is 8.93. The van der Waals surface area contributed by atoms with E-state index in [0.29, 0.717) is 37.5 Å². The predicted molar refractivity (Wildman–Crippen MR) is 89.5 cm³/mol. The summed E-state index contributed by atoms with van der Waals surface area (Å²) in [7, 11) is -3.10. The summed E-state index contributed by atoms with van der Waals surface area (Å²) in [6, 6.07) is 0.264. The van der Waals surface area contributed by atoms with Gasteiger partial charge >= 0.3 is 6.03 Å². The summed E-state index contributed by atoms with van der Waals surface area (Å²) >= 11 is 0. The van der Waals surface area contributed by atoms with Crippen LogP contribution in [0.5, 0.6) is 0 Å². The molecule has 1 aliphatic heterocycles. The normalized spacial score (nSPS) is 26.8. The number of carbonyl (C=O) groups is 1. The van der Waals surface area contributed by atoms with E-state index in [-0.39, 0.29) is 11.9 Å². The molecule has 6 nitrogen and oxygen atoms in total. The smallest absolute Gasteiger partial charge is 0.315 e. The molecule has 0 unspecified atom stereocenters. The molecule has 0 aromatic rings. The molecule has 0 aromatic heterocycles.